The number of rotatable bonds is 3. The van der Waals surface area contributed by atoms with Crippen LogP contribution in [0.25, 0.3) is 0 Å². The van der Waals surface area contributed by atoms with Crippen LogP contribution < -0.4 is 4.57 Å². The first-order valence-corrected chi connectivity index (χ1v) is 6.91. The van der Waals surface area contributed by atoms with Crippen molar-refractivity contribution in [3.63, 3.8) is 0 Å². The van der Waals surface area contributed by atoms with Crippen molar-refractivity contribution in [1.82, 2.24) is 0 Å². The van der Waals surface area contributed by atoms with E-state index in [1.807, 2.05) is 24.3 Å². The van der Waals surface area contributed by atoms with Gasteiger partial charge in [0.05, 0.1) is 0 Å². The van der Waals surface area contributed by atoms with Crippen LogP contribution in [-0.4, -0.2) is 0 Å². The Labute approximate surface area is 112 Å². The molecule has 82 valence electrons. The SMILES string of the molecule is Br[C@@H](c1ccccc1)[C@H](Br)[n+]1ccccc1. The van der Waals surface area contributed by atoms with Gasteiger partial charge in [0.25, 0.3) is 0 Å². The smallest absolute Gasteiger partial charge is 0.191 e. The number of halogens is 2. The third-order valence-corrected chi connectivity index (χ3v) is 5.12. The molecule has 3 heteroatoms. The van der Waals surface area contributed by atoms with Gasteiger partial charge in [0.1, 0.15) is 4.83 Å². The quantitative estimate of drug-likeness (QED) is 0.586. The third kappa shape index (κ3) is 2.71. The van der Waals surface area contributed by atoms with E-state index < -0.39 is 0 Å². The minimum absolute atomic E-state index is 0.205. The molecular weight excluding hydrogens is 330 g/mol. The minimum atomic E-state index is 0.205. The van der Waals surface area contributed by atoms with Crippen LogP contribution in [0.1, 0.15) is 15.3 Å². The van der Waals surface area contributed by atoms with E-state index in [1.165, 1.54) is 5.56 Å². The Bertz CT molecular complexity index is 387. The van der Waals surface area contributed by atoms with E-state index in [1.54, 1.807) is 0 Å². The lowest BCUT2D eigenvalue weighted by atomic mass is 10.1. The van der Waals surface area contributed by atoms with Crippen molar-refractivity contribution in [3.8, 4) is 0 Å². The molecule has 0 saturated carbocycles. The van der Waals surface area contributed by atoms with E-state index in [4.69, 9.17) is 0 Å². The number of hydrogen-bond acceptors (Lipinski definition) is 0. The van der Waals surface area contributed by atoms with Gasteiger partial charge in [-0.05, 0) is 21.5 Å². The van der Waals surface area contributed by atoms with E-state index in [-0.39, 0.29) is 9.78 Å². The van der Waals surface area contributed by atoms with Crippen LogP contribution in [0.5, 0.6) is 0 Å². The first-order valence-electron chi connectivity index (χ1n) is 5.08. The Morgan fingerprint density at radius 1 is 0.812 bits per heavy atom. The predicted octanol–water partition coefficient (Wildman–Crippen LogP) is 4.00. The number of hydrogen-bond donors (Lipinski definition) is 0. The van der Waals surface area contributed by atoms with Crippen molar-refractivity contribution in [2.24, 2.45) is 0 Å². The summed E-state index contributed by atoms with van der Waals surface area (Å²) in [6.45, 7) is 0. The summed E-state index contributed by atoms with van der Waals surface area (Å²) in [7, 11) is 0. The Hall–Kier alpha value is -0.670. The monoisotopic (exact) mass is 340 g/mol. The number of pyridine rings is 1. The van der Waals surface area contributed by atoms with Crippen LogP contribution in [0.4, 0.5) is 0 Å². The van der Waals surface area contributed by atoms with Gasteiger partial charge in [-0.1, -0.05) is 52.3 Å². The van der Waals surface area contributed by atoms with Crippen LogP contribution >= 0.6 is 31.9 Å². The highest BCUT2D eigenvalue weighted by Gasteiger charge is 2.24. The second-order valence-electron chi connectivity index (χ2n) is 3.51. The average molecular weight is 342 g/mol. The van der Waals surface area contributed by atoms with Gasteiger partial charge in [-0.2, -0.15) is 4.57 Å². The van der Waals surface area contributed by atoms with Crippen LogP contribution in [-0.2, 0) is 0 Å². The average Bonchev–Trinajstić information content (AvgIpc) is 2.39. The third-order valence-electron chi connectivity index (χ3n) is 2.38. The summed E-state index contributed by atoms with van der Waals surface area (Å²) in [4.78, 5) is 0.456. The number of benzene rings is 1. The molecule has 0 aliphatic rings. The summed E-state index contributed by atoms with van der Waals surface area (Å²) < 4.78 is 2.13. The van der Waals surface area contributed by atoms with Gasteiger partial charge >= 0.3 is 0 Å². The number of nitrogens with zero attached hydrogens (tertiary/aromatic N) is 1. The molecule has 0 spiro atoms. The molecule has 0 aliphatic carbocycles. The zero-order chi connectivity index (χ0) is 11.4. The zero-order valence-electron chi connectivity index (χ0n) is 8.63. The van der Waals surface area contributed by atoms with Gasteiger partial charge in [-0.25, -0.2) is 0 Å². The Kier molecular flexibility index (Phi) is 4.13. The standard InChI is InChI=1S/C13H12Br2N/c14-12(11-7-3-1-4-8-11)13(15)16-9-5-2-6-10-16/h1-10,12-13H/q+1/t12-,13+/m0/s1. The summed E-state index contributed by atoms with van der Waals surface area (Å²) in [5, 5.41) is 0. The van der Waals surface area contributed by atoms with Crippen molar-refractivity contribution < 1.29 is 4.57 Å². The maximum atomic E-state index is 3.72. The van der Waals surface area contributed by atoms with E-state index in [2.05, 4.69) is 73.1 Å². The second kappa shape index (κ2) is 5.60. The molecule has 1 nitrogen and oxygen atoms in total. The van der Waals surface area contributed by atoms with Crippen LogP contribution in [0.15, 0.2) is 60.9 Å². The van der Waals surface area contributed by atoms with Crippen LogP contribution in [0, 0.1) is 0 Å². The van der Waals surface area contributed by atoms with Gasteiger partial charge in [0, 0.05) is 12.1 Å². The predicted molar refractivity (Wildman–Crippen MR) is 72.7 cm³/mol. The molecule has 1 aromatic carbocycles. The molecule has 1 heterocycles. The summed E-state index contributed by atoms with van der Waals surface area (Å²) in [6.07, 6.45) is 4.10. The highest BCUT2D eigenvalue weighted by molar-refractivity contribution is 9.11. The van der Waals surface area contributed by atoms with E-state index in [0.29, 0.717) is 0 Å². The molecule has 0 unspecified atom stereocenters. The van der Waals surface area contributed by atoms with Crippen LogP contribution in [0.3, 0.4) is 0 Å². The summed E-state index contributed by atoms with van der Waals surface area (Å²) >= 11 is 7.42. The molecule has 0 saturated heterocycles. The van der Waals surface area contributed by atoms with Gasteiger partial charge in [0.2, 0.25) is 4.95 Å². The first-order chi connectivity index (χ1) is 7.79. The largest absolute Gasteiger partial charge is 0.228 e. The summed E-state index contributed by atoms with van der Waals surface area (Å²) in [5.74, 6) is 0. The Morgan fingerprint density at radius 3 is 2.00 bits per heavy atom. The fourth-order valence-corrected chi connectivity index (χ4v) is 2.68. The van der Waals surface area contributed by atoms with Gasteiger partial charge in [0.15, 0.2) is 12.4 Å². The normalized spacial score (nSPS) is 14.4. The van der Waals surface area contributed by atoms with Crippen molar-refractivity contribution >= 4 is 31.9 Å². The lowest BCUT2D eigenvalue weighted by Gasteiger charge is -2.12. The lowest BCUT2D eigenvalue weighted by molar-refractivity contribution is -0.697. The summed E-state index contributed by atoms with van der Waals surface area (Å²) in [5.41, 5.74) is 1.26. The molecule has 0 aliphatic heterocycles. The zero-order valence-corrected chi connectivity index (χ0v) is 11.8. The summed E-state index contributed by atoms with van der Waals surface area (Å²) in [6, 6.07) is 16.5. The van der Waals surface area contributed by atoms with Crippen molar-refractivity contribution in [2.45, 2.75) is 9.78 Å². The lowest BCUT2D eigenvalue weighted by Crippen LogP contribution is -2.37. The highest BCUT2D eigenvalue weighted by atomic mass is 79.9. The molecule has 2 aromatic rings. The van der Waals surface area contributed by atoms with E-state index >= 15 is 0 Å². The highest BCUT2D eigenvalue weighted by Crippen LogP contribution is 2.34. The molecule has 1 aromatic heterocycles. The molecule has 0 radical (unpaired) electrons. The molecule has 2 rings (SSSR count). The second-order valence-corrected chi connectivity index (χ2v) is 5.43. The molecule has 0 bridgehead atoms. The maximum absolute atomic E-state index is 3.72. The molecule has 0 N–H and O–H groups in total. The molecule has 16 heavy (non-hydrogen) atoms. The number of alkyl halides is 2. The topological polar surface area (TPSA) is 3.88 Å². The fourth-order valence-electron chi connectivity index (χ4n) is 1.52. The Morgan fingerprint density at radius 2 is 1.38 bits per heavy atom. The first kappa shape index (κ1) is 11.8. The van der Waals surface area contributed by atoms with Gasteiger partial charge in [-0.3, -0.25) is 0 Å². The molecular formula is C13H12Br2N+. The minimum Gasteiger partial charge on any atom is -0.191 e. The van der Waals surface area contributed by atoms with Crippen LogP contribution in [0.2, 0.25) is 0 Å². The fraction of sp³-hybridized carbons (Fsp3) is 0.154. The van der Waals surface area contributed by atoms with Crippen molar-refractivity contribution in [2.75, 3.05) is 0 Å². The number of aromatic nitrogens is 1. The molecule has 0 fully saturated rings. The van der Waals surface area contributed by atoms with Gasteiger partial charge in [-0.15, -0.1) is 0 Å². The van der Waals surface area contributed by atoms with E-state index in [0.717, 1.165) is 0 Å². The maximum Gasteiger partial charge on any atom is 0.228 e. The van der Waals surface area contributed by atoms with Gasteiger partial charge < -0.3 is 0 Å². The van der Waals surface area contributed by atoms with E-state index in [9.17, 15) is 0 Å². The van der Waals surface area contributed by atoms with Crippen molar-refractivity contribution in [1.29, 1.82) is 0 Å². The van der Waals surface area contributed by atoms with Crippen molar-refractivity contribution in [3.05, 3.63) is 66.5 Å². The molecule has 0 amide bonds. The Balaban J connectivity index is 2.20. The molecule has 2 atom stereocenters.